The summed E-state index contributed by atoms with van der Waals surface area (Å²) in [5, 5.41) is 4.88. The lowest BCUT2D eigenvalue weighted by molar-refractivity contribution is 0.111. The van der Waals surface area contributed by atoms with Crippen LogP contribution in [0.15, 0.2) is 34.9 Å². The lowest BCUT2D eigenvalue weighted by atomic mass is 10.1. The topological polar surface area (TPSA) is 34.2 Å². The Labute approximate surface area is 143 Å². The Morgan fingerprint density at radius 2 is 2.14 bits per heavy atom. The summed E-state index contributed by atoms with van der Waals surface area (Å²) >= 11 is 5.29. The summed E-state index contributed by atoms with van der Waals surface area (Å²) < 4.78 is 6.85. The highest BCUT2D eigenvalue weighted by molar-refractivity contribution is 9.10. The first-order valence-electron chi connectivity index (χ1n) is 7.82. The molecule has 22 heavy (non-hydrogen) atoms. The van der Waals surface area contributed by atoms with Gasteiger partial charge < -0.3 is 10.1 Å². The maximum atomic E-state index is 5.71. The van der Waals surface area contributed by atoms with E-state index in [-0.39, 0.29) is 11.6 Å². The molecule has 3 nitrogen and oxygen atoms in total. The molecule has 1 saturated heterocycles. The molecule has 2 aromatic rings. The number of rotatable bonds is 5. The van der Waals surface area contributed by atoms with Crippen LogP contribution in [-0.4, -0.2) is 11.6 Å². The zero-order valence-electron chi connectivity index (χ0n) is 12.3. The predicted octanol–water partition coefficient (Wildman–Crippen LogP) is 4.54. The molecule has 0 bridgehead atoms. The van der Waals surface area contributed by atoms with Gasteiger partial charge in [-0.2, -0.15) is 0 Å². The van der Waals surface area contributed by atoms with E-state index >= 15 is 0 Å². The molecular formula is C17H19BrN2OS. The SMILES string of the molecule is Brc1ccc(C2(NCc3cnc([C@H]4CCCO4)s3)CC2)cc1. The van der Waals surface area contributed by atoms with E-state index in [2.05, 4.69) is 50.5 Å². The number of benzene rings is 1. The molecule has 0 unspecified atom stereocenters. The number of hydrogen-bond acceptors (Lipinski definition) is 4. The second-order valence-electron chi connectivity index (χ2n) is 6.11. The Kier molecular flexibility index (Phi) is 4.07. The fourth-order valence-electron chi connectivity index (χ4n) is 3.04. The summed E-state index contributed by atoms with van der Waals surface area (Å²) in [4.78, 5) is 5.85. The summed E-state index contributed by atoms with van der Waals surface area (Å²) in [7, 11) is 0. The van der Waals surface area contributed by atoms with Crippen LogP contribution in [0.1, 0.15) is 47.2 Å². The molecule has 0 radical (unpaired) electrons. The summed E-state index contributed by atoms with van der Waals surface area (Å²) in [6.07, 6.45) is 6.94. The van der Waals surface area contributed by atoms with E-state index in [1.165, 1.54) is 23.3 Å². The lowest BCUT2D eigenvalue weighted by Gasteiger charge is -2.17. The van der Waals surface area contributed by atoms with Crippen molar-refractivity contribution in [2.24, 2.45) is 0 Å². The minimum absolute atomic E-state index is 0.175. The van der Waals surface area contributed by atoms with Crippen LogP contribution in [0.4, 0.5) is 0 Å². The van der Waals surface area contributed by atoms with Gasteiger partial charge in [-0.25, -0.2) is 4.98 Å². The van der Waals surface area contributed by atoms with Crippen LogP contribution in [-0.2, 0) is 16.8 Å². The van der Waals surface area contributed by atoms with E-state index in [9.17, 15) is 0 Å². The van der Waals surface area contributed by atoms with Gasteiger partial charge in [-0.15, -0.1) is 11.3 Å². The Bertz CT molecular complexity index is 645. The second kappa shape index (κ2) is 6.04. The zero-order valence-corrected chi connectivity index (χ0v) is 14.8. The van der Waals surface area contributed by atoms with Gasteiger partial charge in [0.05, 0.1) is 0 Å². The molecule has 1 aliphatic carbocycles. The molecule has 1 atom stereocenters. The highest BCUT2D eigenvalue weighted by Crippen LogP contribution is 2.46. The van der Waals surface area contributed by atoms with Crippen molar-refractivity contribution in [1.29, 1.82) is 0 Å². The van der Waals surface area contributed by atoms with Crippen LogP contribution >= 0.6 is 27.3 Å². The molecule has 2 fully saturated rings. The lowest BCUT2D eigenvalue weighted by Crippen LogP contribution is -2.27. The van der Waals surface area contributed by atoms with Crippen LogP contribution < -0.4 is 5.32 Å². The Morgan fingerprint density at radius 3 is 2.82 bits per heavy atom. The molecule has 1 aliphatic heterocycles. The van der Waals surface area contributed by atoms with Crippen molar-refractivity contribution in [3.8, 4) is 0 Å². The fourth-order valence-corrected chi connectivity index (χ4v) is 4.25. The van der Waals surface area contributed by atoms with E-state index in [0.29, 0.717) is 0 Å². The van der Waals surface area contributed by atoms with Crippen LogP contribution in [0.3, 0.4) is 0 Å². The van der Waals surface area contributed by atoms with Crippen molar-refractivity contribution in [2.45, 2.75) is 43.9 Å². The van der Waals surface area contributed by atoms with Crippen LogP contribution in [0.25, 0.3) is 0 Å². The van der Waals surface area contributed by atoms with E-state index < -0.39 is 0 Å². The van der Waals surface area contributed by atoms with Crippen molar-refractivity contribution in [2.75, 3.05) is 6.61 Å². The first kappa shape index (κ1) is 14.8. The van der Waals surface area contributed by atoms with Crippen LogP contribution in [0, 0.1) is 0 Å². The molecule has 116 valence electrons. The van der Waals surface area contributed by atoms with Gasteiger partial charge in [0, 0.05) is 34.2 Å². The average molecular weight is 379 g/mol. The Balaban J connectivity index is 1.41. The van der Waals surface area contributed by atoms with Gasteiger partial charge >= 0.3 is 0 Å². The molecule has 4 rings (SSSR count). The molecular weight excluding hydrogens is 360 g/mol. The van der Waals surface area contributed by atoms with Gasteiger partial charge in [-0.3, -0.25) is 0 Å². The molecule has 1 saturated carbocycles. The highest BCUT2D eigenvalue weighted by Gasteiger charge is 2.43. The average Bonchev–Trinajstić information content (AvgIpc) is 2.95. The van der Waals surface area contributed by atoms with Crippen molar-refractivity contribution < 1.29 is 4.74 Å². The molecule has 2 heterocycles. The number of hydrogen-bond donors (Lipinski definition) is 1. The van der Waals surface area contributed by atoms with Crippen molar-refractivity contribution >= 4 is 27.3 Å². The van der Waals surface area contributed by atoms with E-state index in [0.717, 1.165) is 35.5 Å². The van der Waals surface area contributed by atoms with Gasteiger partial charge in [0.15, 0.2) is 0 Å². The van der Waals surface area contributed by atoms with Crippen molar-refractivity contribution in [3.05, 3.63) is 50.4 Å². The molecule has 1 aromatic heterocycles. The summed E-state index contributed by atoms with van der Waals surface area (Å²) in [6.45, 7) is 1.77. The fraction of sp³-hybridized carbons (Fsp3) is 0.471. The molecule has 0 amide bonds. The summed E-state index contributed by atoms with van der Waals surface area (Å²) in [6, 6.07) is 8.68. The van der Waals surface area contributed by atoms with Gasteiger partial charge in [0.2, 0.25) is 0 Å². The van der Waals surface area contributed by atoms with E-state index in [4.69, 9.17) is 4.74 Å². The minimum atomic E-state index is 0.175. The maximum Gasteiger partial charge on any atom is 0.122 e. The third-order valence-corrected chi connectivity index (χ3v) is 6.14. The first-order valence-corrected chi connectivity index (χ1v) is 9.43. The number of ether oxygens (including phenoxy) is 1. The monoisotopic (exact) mass is 378 g/mol. The van der Waals surface area contributed by atoms with Crippen LogP contribution in [0.2, 0.25) is 0 Å². The van der Waals surface area contributed by atoms with Crippen molar-refractivity contribution in [3.63, 3.8) is 0 Å². The summed E-state index contributed by atoms with van der Waals surface area (Å²) in [5.74, 6) is 0. The minimum Gasteiger partial charge on any atom is -0.371 e. The Hall–Kier alpha value is -0.750. The van der Waals surface area contributed by atoms with E-state index in [1.54, 1.807) is 11.3 Å². The Morgan fingerprint density at radius 1 is 1.32 bits per heavy atom. The maximum absolute atomic E-state index is 5.71. The number of nitrogens with zero attached hydrogens (tertiary/aromatic N) is 1. The number of aromatic nitrogens is 1. The van der Waals surface area contributed by atoms with Gasteiger partial charge in [-0.1, -0.05) is 28.1 Å². The van der Waals surface area contributed by atoms with Gasteiger partial charge in [0.25, 0.3) is 0 Å². The van der Waals surface area contributed by atoms with Gasteiger partial charge in [-0.05, 0) is 43.4 Å². The molecule has 5 heteroatoms. The largest absolute Gasteiger partial charge is 0.371 e. The smallest absolute Gasteiger partial charge is 0.122 e. The molecule has 1 aromatic carbocycles. The highest BCUT2D eigenvalue weighted by atomic mass is 79.9. The summed E-state index contributed by atoms with van der Waals surface area (Å²) in [5.41, 5.74) is 1.56. The van der Waals surface area contributed by atoms with E-state index in [1.807, 2.05) is 6.20 Å². The number of halogens is 1. The normalized spacial score (nSPS) is 22.9. The third-order valence-electron chi connectivity index (χ3n) is 4.52. The van der Waals surface area contributed by atoms with Crippen molar-refractivity contribution in [1.82, 2.24) is 10.3 Å². The van der Waals surface area contributed by atoms with Gasteiger partial charge in [0.1, 0.15) is 11.1 Å². The predicted molar refractivity (Wildman–Crippen MR) is 91.9 cm³/mol. The number of thiazole rings is 1. The standard InChI is InChI=1S/C17H19BrN2OS/c18-13-5-3-12(4-6-13)17(7-8-17)20-11-14-10-19-16(22-14)15-2-1-9-21-15/h3-6,10,15,20H,1-2,7-9,11H2/t15-/m1/s1. The molecule has 0 spiro atoms. The zero-order chi connectivity index (χ0) is 15.0. The van der Waals surface area contributed by atoms with Crippen LogP contribution in [0.5, 0.6) is 0 Å². The third kappa shape index (κ3) is 3.00. The molecule has 1 N–H and O–H groups in total. The second-order valence-corrected chi connectivity index (χ2v) is 8.17. The first-order chi connectivity index (χ1) is 10.8. The number of nitrogens with one attached hydrogen (secondary N) is 1. The molecule has 2 aliphatic rings. The quantitative estimate of drug-likeness (QED) is 0.829.